The lowest BCUT2D eigenvalue weighted by molar-refractivity contribution is 0.0701. The second-order valence-electron chi connectivity index (χ2n) is 6.61. The number of aromatic nitrogens is 1. The number of carbonyl (C=O) groups is 1. The molecule has 5 heteroatoms. The molecular weight excluding hydrogens is 382 g/mol. The molecule has 0 atom stereocenters. The number of nitrogens with zero attached hydrogens (tertiary/aromatic N) is 1. The second-order valence-corrected chi connectivity index (χ2v) is 7.61. The Morgan fingerprint density at radius 2 is 1.52 bits per heavy atom. The third kappa shape index (κ3) is 4.36. The molecule has 3 aromatic carbocycles. The topological polar surface area (TPSA) is 59.4 Å². The lowest BCUT2D eigenvalue weighted by Crippen LogP contribution is -1.95. The zero-order chi connectivity index (χ0) is 20.2. The molecule has 4 aromatic rings. The van der Waals surface area contributed by atoms with Crippen molar-refractivity contribution in [3.8, 4) is 27.4 Å². The van der Waals surface area contributed by atoms with Crippen LogP contribution in [0.2, 0.25) is 0 Å². The van der Waals surface area contributed by atoms with Crippen LogP contribution in [0.1, 0.15) is 20.9 Å². The lowest BCUT2D eigenvalue weighted by Gasteiger charge is -2.08. The van der Waals surface area contributed by atoms with Gasteiger partial charge in [-0.15, -0.1) is 11.3 Å². The summed E-state index contributed by atoms with van der Waals surface area (Å²) in [7, 11) is 0. The molecule has 4 nitrogen and oxygen atoms in total. The van der Waals surface area contributed by atoms with Crippen LogP contribution in [0.25, 0.3) is 21.7 Å². The number of thiazole rings is 1. The highest BCUT2D eigenvalue weighted by Crippen LogP contribution is 2.28. The number of aryl methyl sites for hydroxylation is 1. The van der Waals surface area contributed by atoms with Gasteiger partial charge in [-0.3, -0.25) is 0 Å². The van der Waals surface area contributed by atoms with E-state index in [-0.39, 0.29) is 4.88 Å². The van der Waals surface area contributed by atoms with Gasteiger partial charge in [-0.2, -0.15) is 0 Å². The van der Waals surface area contributed by atoms with E-state index in [9.17, 15) is 9.90 Å². The summed E-state index contributed by atoms with van der Waals surface area (Å²) in [5, 5.41) is 9.90. The van der Waals surface area contributed by atoms with Gasteiger partial charge in [0.2, 0.25) is 0 Å². The molecule has 0 saturated carbocycles. The molecule has 0 amide bonds. The largest absolute Gasteiger partial charge is 0.489 e. The number of hydrogen-bond donors (Lipinski definition) is 1. The van der Waals surface area contributed by atoms with Gasteiger partial charge in [0.15, 0.2) is 0 Å². The van der Waals surface area contributed by atoms with Gasteiger partial charge in [0.05, 0.1) is 5.69 Å². The predicted molar refractivity (Wildman–Crippen MR) is 115 cm³/mol. The first kappa shape index (κ1) is 18.9. The summed E-state index contributed by atoms with van der Waals surface area (Å²) in [4.78, 5) is 15.8. The van der Waals surface area contributed by atoms with Gasteiger partial charge in [0.1, 0.15) is 22.2 Å². The van der Waals surface area contributed by atoms with Crippen molar-refractivity contribution in [1.82, 2.24) is 4.98 Å². The summed E-state index contributed by atoms with van der Waals surface area (Å²) < 4.78 is 5.89. The Morgan fingerprint density at radius 1 is 0.897 bits per heavy atom. The van der Waals surface area contributed by atoms with E-state index in [1.54, 1.807) is 6.92 Å². The maximum absolute atomic E-state index is 11.2. The summed E-state index contributed by atoms with van der Waals surface area (Å²) in [6.07, 6.45) is 0. The SMILES string of the molecule is Cc1nc(-c2ccc(COc3ccc(-c4ccccc4)cc3)cc2)sc1C(=O)O. The molecule has 1 aromatic heterocycles. The molecule has 0 bridgehead atoms. The Kier molecular flexibility index (Phi) is 5.40. The highest BCUT2D eigenvalue weighted by atomic mass is 32.1. The Hall–Kier alpha value is -3.44. The lowest BCUT2D eigenvalue weighted by atomic mass is 10.1. The van der Waals surface area contributed by atoms with Crippen LogP contribution < -0.4 is 4.74 Å². The highest BCUT2D eigenvalue weighted by molar-refractivity contribution is 7.17. The minimum Gasteiger partial charge on any atom is -0.489 e. The van der Waals surface area contributed by atoms with Crippen molar-refractivity contribution in [2.45, 2.75) is 13.5 Å². The van der Waals surface area contributed by atoms with Crippen LogP contribution in [0.5, 0.6) is 5.75 Å². The third-order valence-electron chi connectivity index (χ3n) is 4.56. The Balaban J connectivity index is 1.40. The van der Waals surface area contributed by atoms with Crippen molar-refractivity contribution in [3.63, 3.8) is 0 Å². The van der Waals surface area contributed by atoms with E-state index in [0.717, 1.165) is 22.4 Å². The van der Waals surface area contributed by atoms with Crippen molar-refractivity contribution < 1.29 is 14.6 Å². The Labute approximate surface area is 173 Å². The fraction of sp³-hybridized carbons (Fsp3) is 0.0833. The Bertz CT molecular complexity index is 1120. The first-order valence-corrected chi connectivity index (χ1v) is 10.00. The van der Waals surface area contributed by atoms with Gasteiger partial charge < -0.3 is 9.84 Å². The first-order chi connectivity index (χ1) is 14.1. The predicted octanol–water partition coefficient (Wildman–Crippen LogP) is 6.06. The molecule has 29 heavy (non-hydrogen) atoms. The number of aromatic carboxylic acids is 1. The molecule has 0 unspecified atom stereocenters. The minimum absolute atomic E-state index is 0.284. The zero-order valence-corrected chi connectivity index (χ0v) is 16.6. The molecular formula is C24H19NO3S. The molecule has 0 saturated heterocycles. The van der Waals surface area contributed by atoms with Gasteiger partial charge >= 0.3 is 5.97 Å². The van der Waals surface area contributed by atoms with E-state index in [2.05, 4.69) is 29.2 Å². The third-order valence-corrected chi connectivity index (χ3v) is 5.75. The molecule has 0 spiro atoms. The van der Waals surface area contributed by atoms with Gasteiger partial charge in [-0.1, -0.05) is 66.7 Å². The first-order valence-electron chi connectivity index (χ1n) is 9.18. The molecule has 1 N–H and O–H groups in total. The summed E-state index contributed by atoms with van der Waals surface area (Å²) in [6.45, 7) is 2.18. The number of carboxylic acids is 1. The van der Waals surface area contributed by atoms with Gasteiger partial charge in [0.25, 0.3) is 0 Å². The van der Waals surface area contributed by atoms with E-state index >= 15 is 0 Å². The second kappa shape index (κ2) is 8.29. The summed E-state index contributed by atoms with van der Waals surface area (Å²) >= 11 is 1.19. The van der Waals surface area contributed by atoms with Crippen molar-refractivity contribution in [2.75, 3.05) is 0 Å². The number of carboxylic acid groups (broad SMARTS) is 1. The normalized spacial score (nSPS) is 10.7. The molecule has 0 aliphatic carbocycles. The van der Waals surface area contributed by atoms with Crippen LogP contribution in [0, 0.1) is 6.92 Å². The van der Waals surface area contributed by atoms with Gasteiger partial charge in [-0.05, 0) is 35.7 Å². The van der Waals surface area contributed by atoms with Crippen molar-refractivity contribution in [3.05, 3.63) is 95.0 Å². The van der Waals surface area contributed by atoms with Gasteiger partial charge in [-0.25, -0.2) is 9.78 Å². The fourth-order valence-electron chi connectivity index (χ4n) is 3.00. The number of rotatable bonds is 6. The standard InChI is InChI=1S/C24H19NO3S/c1-16-22(24(26)27)29-23(25-16)20-9-7-17(8-10-20)15-28-21-13-11-19(12-14-21)18-5-3-2-4-6-18/h2-14H,15H2,1H3,(H,26,27). The fourth-order valence-corrected chi connectivity index (χ4v) is 3.91. The van der Waals surface area contributed by atoms with Gasteiger partial charge in [0, 0.05) is 5.56 Å². The van der Waals surface area contributed by atoms with E-state index in [1.807, 2.05) is 54.6 Å². The van der Waals surface area contributed by atoms with Crippen LogP contribution in [0.4, 0.5) is 0 Å². The maximum Gasteiger partial charge on any atom is 0.347 e. The monoisotopic (exact) mass is 401 g/mol. The molecule has 0 fully saturated rings. The molecule has 0 aliphatic heterocycles. The van der Waals surface area contributed by atoms with Crippen molar-refractivity contribution >= 4 is 17.3 Å². The van der Waals surface area contributed by atoms with E-state index < -0.39 is 5.97 Å². The molecule has 4 rings (SSSR count). The quantitative estimate of drug-likeness (QED) is 0.426. The van der Waals surface area contributed by atoms with E-state index in [4.69, 9.17) is 4.74 Å². The average molecular weight is 401 g/mol. The Morgan fingerprint density at radius 3 is 2.14 bits per heavy atom. The van der Waals surface area contributed by atoms with Crippen molar-refractivity contribution in [2.24, 2.45) is 0 Å². The summed E-state index contributed by atoms with van der Waals surface area (Å²) in [5.74, 6) is -0.120. The van der Waals surface area contributed by atoms with Crippen molar-refractivity contribution in [1.29, 1.82) is 0 Å². The van der Waals surface area contributed by atoms with E-state index in [1.165, 1.54) is 16.9 Å². The molecule has 0 radical (unpaired) electrons. The van der Waals surface area contributed by atoms with Crippen LogP contribution in [0.3, 0.4) is 0 Å². The zero-order valence-electron chi connectivity index (χ0n) is 15.8. The summed E-state index contributed by atoms with van der Waals surface area (Å²) in [6, 6.07) is 26.1. The minimum atomic E-state index is -0.936. The number of ether oxygens (including phenoxy) is 1. The highest BCUT2D eigenvalue weighted by Gasteiger charge is 2.14. The number of benzene rings is 3. The van der Waals surface area contributed by atoms with Crippen LogP contribution in [-0.4, -0.2) is 16.1 Å². The molecule has 1 heterocycles. The average Bonchev–Trinajstić information content (AvgIpc) is 3.16. The maximum atomic E-state index is 11.2. The van der Waals surface area contributed by atoms with Crippen LogP contribution in [-0.2, 0) is 6.61 Å². The van der Waals surface area contributed by atoms with Crippen LogP contribution >= 0.6 is 11.3 Å². The smallest absolute Gasteiger partial charge is 0.347 e. The number of hydrogen-bond acceptors (Lipinski definition) is 4. The van der Waals surface area contributed by atoms with E-state index in [0.29, 0.717) is 17.3 Å². The molecule has 144 valence electrons. The van der Waals surface area contributed by atoms with Crippen LogP contribution in [0.15, 0.2) is 78.9 Å². The molecule has 0 aliphatic rings. The summed E-state index contributed by atoms with van der Waals surface area (Å²) in [5.41, 5.74) is 4.82.